The van der Waals surface area contributed by atoms with E-state index in [9.17, 15) is 4.39 Å². The lowest BCUT2D eigenvalue weighted by Gasteiger charge is -2.11. The van der Waals surface area contributed by atoms with Gasteiger partial charge in [0.15, 0.2) is 5.16 Å². The highest BCUT2D eigenvalue weighted by atomic mass is 32.2. The monoisotopic (exact) mass is 305 g/mol. The fourth-order valence-electron chi connectivity index (χ4n) is 1.81. The molecule has 0 saturated carbocycles. The van der Waals surface area contributed by atoms with E-state index >= 15 is 0 Å². The summed E-state index contributed by atoms with van der Waals surface area (Å²) in [6, 6.07) is 4.84. The molecule has 0 fully saturated rings. The van der Waals surface area contributed by atoms with Crippen molar-refractivity contribution in [2.24, 2.45) is 5.92 Å². The van der Waals surface area contributed by atoms with Crippen molar-refractivity contribution in [2.45, 2.75) is 37.4 Å². The first-order chi connectivity index (χ1) is 10.0. The van der Waals surface area contributed by atoms with E-state index in [4.69, 9.17) is 0 Å². The molecular formula is C16H20FN3S. The Bertz CT molecular complexity index is 585. The minimum Gasteiger partial charge on any atom is -0.312 e. The Morgan fingerprint density at radius 2 is 1.95 bits per heavy atom. The largest absolute Gasteiger partial charge is 0.312 e. The smallest absolute Gasteiger partial charge is 0.192 e. The van der Waals surface area contributed by atoms with Crippen molar-refractivity contribution < 1.29 is 4.39 Å². The van der Waals surface area contributed by atoms with E-state index < -0.39 is 0 Å². The summed E-state index contributed by atoms with van der Waals surface area (Å²) < 4.78 is 13.5. The summed E-state index contributed by atoms with van der Waals surface area (Å²) in [5.41, 5.74) is 1.96. The van der Waals surface area contributed by atoms with E-state index in [1.54, 1.807) is 24.5 Å². The van der Waals surface area contributed by atoms with E-state index in [1.807, 2.05) is 6.92 Å². The number of rotatable bonds is 6. The van der Waals surface area contributed by atoms with Gasteiger partial charge in [-0.15, -0.1) is 0 Å². The average molecular weight is 305 g/mol. The molecule has 112 valence electrons. The van der Waals surface area contributed by atoms with Crippen molar-refractivity contribution in [3.8, 4) is 0 Å². The number of hydrogen-bond donors (Lipinski definition) is 1. The molecule has 2 aromatic rings. The highest BCUT2D eigenvalue weighted by Crippen LogP contribution is 2.28. The van der Waals surface area contributed by atoms with E-state index in [1.165, 1.54) is 17.8 Å². The van der Waals surface area contributed by atoms with Crippen LogP contribution in [-0.4, -0.2) is 16.5 Å². The van der Waals surface area contributed by atoms with Gasteiger partial charge in [0.1, 0.15) is 5.82 Å². The van der Waals surface area contributed by atoms with Gasteiger partial charge in [-0.05, 0) is 60.5 Å². The van der Waals surface area contributed by atoms with E-state index in [0.717, 1.165) is 22.6 Å². The number of nitrogens with zero attached hydrogens (tertiary/aromatic N) is 2. The molecular weight excluding hydrogens is 285 g/mol. The second kappa shape index (κ2) is 7.52. The maximum absolute atomic E-state index is 13.5. The van der Waals surface area contributed by atoms with Crippen LogP contribution in [0.15, 0.2) is 40.6 Å². The number of hydrogen-bond acceptors (Lipinski definition) is 4. The standard InChI is InChI=1S/C16H20FN3S/c1-11(2)7-18-10-13-6-14(17)4-5-15(13)21-16-19-8-12(3)9-20-16/h4-6,8-9,11,18H,7,10H2,1-3H3. The lowest BCUT2D eigenvalue weighted by Crippen LogP contribution is -2.19. The summed E-state index contributed by atoms with van der Waals surface area (Å²) in [6.45, 7) is 7.79. The number of halogens is 1. The Balaban J connectivity index is 2.12. The zero-order valence-corrected chi connectivity index (χ0v) is 13.4. The van der Waals surface area contributed by atoms with Gasteiger partial charge in [0, 0.05) is 23.8 Å². The van der Waals surface area contributed by atoms with Crippen LogP contribution >= 0.6 is 11.8 Å². The van der Waals surface area contributed by atoms with E-state index in [-0.39, 0.29) is 5.82 Å². The molecule has 0 aliphatic carbocycles. The second-order valence-electron chi connectivity index (χ2n) is 5.42. The van der Waals surface area contributed by atoms with Crippen molar-refractivity contribution in [1.29, 1.82) is 0 Å². The van der Waals surface area contributed by atoms with Crippen LogP contribution in [-0.2, 0) is 6.54 Å². The van der Waals surface area contributed by atoms with Crippen LogP contribution in [0, 0.1) is 18.7 Å². The maximum Gasteiger partial charge on any atom is 0.192 e. The minimum atomic E-state index is -0.217. The van der Waals surface area contributed by atoms with Crippen LogP contribution in [0.3, 0.4) is 0 Å². The van der Waals surface area contributed by atoms with Crippen LogP contribution in [0.5, 0.6) is 0 Å². The summed E-state index contributed by atoms with van der Waals surface area (Å²) in [5, 5.41) is 4.02. The molecule has 1 aromatic carbocycles. The molecule has 0 bridgehead atoms. The van der Waals surface area contributed by atoms with Crippen LogP contribution < -0.4 is 5.32 Å². The molecule has 0 atom stereocenters. The Morgan fingerprint density at radius 3 is 2.62 bits per heavy atom. The molecule has 0 saturated heterocycles. The molecule has 5 heteroatoms. The molecule has 0 unspecified atom stereocenters. The first-order valence-corrected chi connectivity index (χ1v) is 7.82. The Morgan fingerprint density at radius 1 is 1.24 bits per heavy atom. The number of benzene rings is 1. The number of aromatic nitrogens is 2. The van der Waals surface area contributed by atoms with Gasteiger partial charge in [-0.25, -0.2) is 14.4 Å². The fourth-order valence-corrected chi connectivity index (χ4v) is 2.62. The topological polar surface area (TPSA) is 37.8 Å². The van der Waals surface area contributed by atoms with Gasteiger partial charge >= 0.3 is 0 Å². The quantitative estimate of drug-likeness (QED) is 0.823. The summed E-state index contributed by atoms with van der Waals surface area (Å²) in [5.74, 6) is 0.348. The maximum atomic E-state index is 13.5. The molecule has 0 aliphatic rings. The van der Waals surface area contributed by atoms with Crippen LogP contribution in [0.25, 0.3) is 0 Å². The summed E-state index contributed by atoms with van der Waals surface area (Å²) in [6.07, 6.45) is 3.57. The fraction of sp³-hybridized carbons (Fsp3) is 0.375. The Labute approximate surface area is 129 Å². The molecule has 3 nitrogen and oxygen atoms in total. The van der Waals surface area contributed by atoms with Gasteiger partial charge in [-0.3, -0.25) is 0 Å². The van der Waals surface area contributed by atoms with Crippen molar-refractivity contribution in [3.05, 3.63) is 47.5 Å². The highest BCUT2D eigenvalue weighted by molar-refractivity contribution is 7.99. The zero-order valence-electron chi connectivity index (χ0n) is 12.6. The minimum absolute atomic E-state index is 0.217. The predicted octanol–water partition coefficient (Wildman–Crippen LogP) is 3.82. The molecule has 0 radical (unpaired) electrons. The van der Waals surface area contributed by atoms with Crippen LogP contribution in [0.1, 0.15) is 25.0 Å². The lowest BCUT2D eigenvalue weighted by atomic mass is 10.2. The molecule has 2 rings (SSSR count). The third-order valence-electron chi connectivity index (χ3n) is 2.85. The van der Waals surface area contributed by atoms with Crippen molar-refractivity contribution in [1.82, 2.24) is 15.3 Å². The van der Waals surface area contributed by atoms with Crippen molar-refractivity contribution >= 4 is 11.8 Å². The summed E-state index contributed by atoms with van der Waals surface area (Å²) in [4.78, 5) is 9.55. The van der Waals surface area contributed by atoms with Crippen molar-refractivity contribution in [3.63, 3.8) is 0 Å². The lowest BCUT2D eigenvalue weighted by molar-refractivity contribution is 0.547. The second-order valence-corrected chi connectivity index (χ2v) is 6.43. The first-order valence-electron chi connectivity index (χ1n) is 7.00. The van der Waals surface area contributed by atoms with Gasteiger partial charge in [-0.2, -0.15) is 0 Å². The van der Waals surface area contributed by atoms with Gasteiger partial charge in [0.2, 0.25) is 0 Å². The predicted molar refractivity (Wildman–Crippen MR) is 83.8 cm³/mol. The number of aryl methyl sites for hydroxylation is 1. The SMILES string of the molecule is Cc1cnc(Sc2ccc(F)cc2CNCC(C)C)nc1. The van der Waals surface area contributed by atoms with E-state index in [0.29, 0.717) is 17.6 Å². The Hall–Kier alpha value is -1.46. The first kappa shape index (κ1) is 15.9. The third kappa shape index (κ3) is 5.10. The Kier molecular flexibility index (Phi) is 5.70. The van der Waals surface area contributed by atoms with Gasteiger partial charge in [-0.1, -0.05) is 13.8 Å². The van der Waals surface area contributed by atoms with Gasteiger partial charge in [0.05, 0.1) is 0 Å². The average Bonchev–Trinajstić information content (AvgIpc) is 2.43. The summed E-state index contributed by atoms with van der Waals surface area (Å²) in [7, 11) is 0. The van der Waals surface area contributed by atoms with Crippen LogP contribution in [0.4, 0.5) is 4.39 Å². The van der Waals surface area contributed by atoms with Gasteiger partial charge < -0.3 is 5.32 Å². The molecule has 21 heavy (non-hydrogen) atoms. The third-order valence-corrected chi connectivity index (χ3v) is 3.86. The number of nitrogens with one attached hydrogen (secondary N) is 1. The summed E-state index contributed by atoms with van der Waals surface area (Å²) >= 11 is 1.46. The molecule has 1 N–H and O–H groups in total. The van der Waals surface area contributed by atoms with Crippen LogP contribution in [0.2, 0.25) is 0 Å². The van der Waals surface area contributed by atoms with Gasteiger partial charge in [0.25, 0.3) is 0 Å². The molecule has 0 aliphatic heterocycles. The zero-order chi connectivity index (χ0) is 15.2. The molecule has 1 aromatic heterocycles. The molecule has 0 amide bonds. The molecule has 0 spiro atoms. The van der Waals surface area contributed by atoms with Crippen molar-refractivity contribution in [2.75, 3.05) is 6.54 Å². The highest BCUT2D eigenvalue weighted by Gasteiger charge is 2.08. The normalized spacial score (nSPS) is 11.1. The molecule has 1 heterocycles. The van der Waals surface area contributed by atoms with E-state index in [2.05, 4.69) is 29.1 Å².